The maximum Gasteiger partial charge on any atom is 0.257 e. The Balaban J connectivity index is 1.04. The fourth-order valence-corrected chi connectivity index (χ4v) is 7.35. The molecule has 9 nitrogen and oxygen atoms in total. The van der Waals surface area contributed by atoms with Crippen LogP contribution in [0.25, 0.3) is 0 Å². The third-order valence-corrected chi connectivity index (χ3v) is 9.87. The van der Waals surface area contributed by atoms with Gasteiger partial charge in [-0.15, -0.1) is 0 Å². The average molecular weight is 627 g/mol. The Bertz CT molecular complexity index is 1580. The average Bonchev–Trinajstić information content (AvgIpc) is 3.34. The molecule has 4 aliphatic rings. The summed E-state index contributed by atoms with van der Waals surface area (Å²) >= 11 is 0. The Labute approximate surface area is 272 Å². The fraction of sp³-hybridized carbons (Fsp3) is 0.486. The summed E-state index contributed by atoms with van der Waals surface area (Å²) in [6, 6.07) is 7.97. The van der Waals surface area contributed by atoms with Crippen molar-refractivity contribution >= 4 is 29.4 Å². The topological polar surface area (TPSA) is 83.9 Å². The number of aryl methyl sites for hydroxylation is 1. The van der Waals surface area contributed by atoms with E-state index in [9.17, 15) is 9.59 Å². The lowest BCUT2D eigenvalue weighted by Crippen LogP contribution is -2.52. The van der Waals surface area contributed by atoms with Crippen LogP contribution in [-0.2, 0) is 0 Å². The molecule has 2 saturated heterocycles. The molecule has 9 heteroatoms. The van der Waals surface area contributed by atoms with Gasteiger partial charge in [-0.1, -0.05) is 31.2 Å². The van der Waals surface area contributed by atoms with E-state index in [0.29, 0.717) is 49.1 Å². The first-order valence-electron chi connectivity index (χ1n) is 16.5. The van der Waals surface area contributed by atoms with Crippen molar-refractivity contribution < 1.29 is 23.8 Å². The van der Waals surface area contributed by atoms with Crippen molar-refractivity contribution in [2.24, 2.45) is 4.99 Å². The molecule has 0 spiro atoms. The number of benzene rings is 2. The van der Waals surface area contributed by atoms with Crippen LogP contribution in [0.5, 0.6) is 17.2 Å². The highest BCUT2D eigenvalue weighted by Gasteiger charge is 2.40. The van der Waals surface area contributed by atoms with Crippen LogP contribution in [-0.4, -0.2) is 86.4 Å². The highest BCUT2D eigenvalue weighted by Crippen LogP contribution is 2.40. The zero-order valence-corrected chi connectivity index (χ0v) is 27.6. The Morgan fingerprint density at radius 2 is 1.61 bits per heavy atom. The third-order valence-electron chi connectivity index (χ3n) is 9.87. The second kappa shape index (κ2) is 13.2. The summed E-state index contributed by atoms with van der Waals surface area (Å²) < 4.78 is 18.0. The van der Waals surface area contributed by atoms with Gasteiger partial charge in [0.1, 0.15) is 5.75 Å². The van der Waals surface area contributed by atoms with Crippen molar-refractivity contribution in [3.05, 3.63) is 65.3 Å². The molecule has 2 aromatic rings. The number of hydrogen-bond donors (Lipinski definition) is 0. The van der Waals surface area contributed by atoms with Gasteiger partial charge >= 0.3 is 0 Å². The molecular weight excluding hydrogens is 580 g/mol. The van der Waals surface area contributed by atoms with Gasteiger partial charge < -0.3 is 28.9 Å². The minimum absolute atomic E-state index is 0.0561. The number of rotatable bonds is 10. The van der Waals surface area contributed by atoms with E-state index in [1.165, 1.54) is 0 Å². The van der Waals surface area contributed by atoms with Crippen LogP contribution in [0, 0.1) is 6.92 Å². The Morgan fingerprint density at radius 1 is 0.891 bits per heavy atom. The summed E-state index contributed by atoms with van der Waals surface area (Å²) in [5.41, 5.74) is 5.94. The summed E-state index contributed by atoms with van der Waals surface area (Å²) in [6.45, 7) is 14.7. The number of unbranched alkanes of at least 4 members (excludes halogenated alkanes) is 2. The van der Waals surface area contributed by atoms with Gasteiger partial charge in [-0.25, -0.2) is 0 Å². The zero-order valence-electron chi connectivity index (χ0n) is 27.6. The Hall–Kier alpha value is -4.27. The van der Waals surface area contributed by atoms with Gasteiger partial charge in [-0.2, -0.15) is 0 Å². The van der Waals surface area contributed by atoms with E-state index >= 15 is 0 Å². The minimum Gasteiger partial charge on any atom is -0.493 e. The van der Waals surface area contributed by atoms with Gasteiger partial charge in [0.05, 0.1) is 54.9 Å². The summed E-state index contributed by atoms with van der Waals surface area (Å²) in [5.74, 6) is 1.96. The lowest BCUT2D eigenvalue weighted by Gasteiger charge is -2.42. The third kappa shape index (κ3) is 5.99. The van der Waals surface area contributed by atoms with E-state index in [1.54, 1.807) is 19.2 Å². The molecule has 0 saturated carbocycles. The predicted octanol–water partition coefficient (Wildman–Crippen LogP) is 6.51. The summed E-state index contributed by atoms with van der Waals surface area (Å²) in [4.78, 5) is 37.7. The summed E-state index contributed by atoms with van der Waals surface area (Å²) in [6.07, 6.45) is 8.09. The zero-order chi connectivity index (χ0) is 32.5. The molecule has 2 fully saturated rings. The number of methoxy groups -OCH3 is 1. The number of fused-ring (bicyclic) bond motifs is 4. The molecule has 4 aliphatic heterocycles. The monoisotopic (exact) mass is 626 g/mol. The van der Waals surface area contributed by atoms with Crippen molar-refractivity contribution in [1.82, 2.24) is 9.80 Å². The van der Waals surface area contributed by atoms with E-state index in [1.807, 2.05) is 29.0 Å². The molecule has 46 heavy (non-hydrogen) atoms. The first-order valence-corrected chi connectivity index (χ1v) is 16.5. The maximum absolute atomic E-state index is 13.7. The van der Waals surface area contributed by atoms with Gasteiger partial charge in [-0.3, -0.25) is 14.6 Å². The SMILES string of the molecule is C=C1CCC2[C@H](CC)N(C)c3cc(OCCCCCOc4cc5c(cc4OC)C(=O)N4CC(=C)C[C@H]4C=N5)c(C)cc3C(=O)N2C1. The number of nitrogens with zero attached hydrogens (tertiary/aromatic N) is 4. The van der Waals surface area contributed by atoms with Crippen molar-refractivity contribution in [2.45, 2.75) is 76.9 Å². The molecule has 0 radical (unpaired) electrons. The summed E-state index contributed by atoms with van der Waals surface area (Å²) in [5, 5.41) is 0. The van der Waals surface area contributed by atoms with E-state index in [0.717, 1.165) is 78.7 Å². The standard InChI is InChI=1S/C37H46N4O5/c1-7-30-31-12-11-23(2)21-41(31)37(43)28-16-25(4)33(19-32(28)39(30)5)45-13-9-8-10-14-46-35-18-29-27(17-34(35)44-6)36(42)40-22-24(3)15-26(40)20-38-29/h16-20,26,30-31H,2-3,7-15,21-22H2,1,4-6H3/t26-,30-,31?/m0/s1. The number of carbonyl (C=O) groups excluding carboxylic acids is 2. The fourth-order valence-electron chi connectivity index (χ4n) is 7.35. The molecule has 0 aliphatic carbocycles. The first-order chi connectivity index (χ1) is 22.2. The van der Waals surface area contributed by atoms with Gasteiger partial charge in [-0.05, 0) is 69.6 Å². The normalized spacial score (nSPS) is 22.2. The number of hydrogen-bond acceptors (Lipinski definition) is 7. The molecule has 2 amide bonds. The highest BCUT2D eigenvalue weighted by atomic mass is 16.5. The van der Waals surface area contributed by atoms with Crippen LogP contribution >= 0.6 is 0 Å². The van der Waals surface area contributed by atoms with E-state index < -0.39 is 0 Å². The Kier molecular flexibility index (Phi) is 9.11. The van der Waals surface area contributed by atoms with Gasteiger partial charge in [0.15, 0.2) is 11.5 Å². The van der Waals surface area contributed by atoms with Gasteiger partial charge in [0, 0.05) is 44.5 Å². The predicted molar refractivity (Wildman–Crippen MR) is 181 cm³/mol. The van der Waals surface area contributed by atoms with Gasteiger partial charge in [0.2, 0.25) is 0 Å². The lowest BCUT2D eigenvalue weighted by atomic mass is 9.91. The molecule has 1 unspecified atom stereocenters. The van der Waals surface area contributed by atoms with Crippen molar-refractivity contribution in [3.8, 4) is 17.2 Å². The number of carbonyl (C=O) groups is 2. The van der Waals surface area contributed by atoms with E-state index in [4.69, 9.17) is 14.2 Å². The molecule has 4 heterocycles. The molecule has 2 aromatic carbocycles. The molecular formula is C37H46N4O5. The van der Waals surface area contributed by atoms with Crippen molar-refractivity contribution in [2.75, 3.05) is 45.4 Å². The second-order valence-corrected chi connectivity index (χ2v) is 13.0. The van der Waals surface area contributed by atoms with Crippen molar-refractivity contribution in [3.63, 3.8) is 0 Å². The number of amides is 2. The van der Waals surface area contributed by atoms with Crippen LogP contribution in [0.1, 0.15) is 78.1 Å². The van der Waals surface area contributed by atoms with E-state index in [-0.39, 0.29) is 29.9 Å². The molecule has 6 rings (SSSR count). The smallest absolute Gasteiger partial charge is 0.257 e. The molecule has 0 N–H and O–H groups in total. The number of likely N-dealkylation sites (N-methyl/N-ethyl adjacent to an activating group) is 1. The molecule has 244 valence electrons. The quantitative estimate of drug-likeness (QED) is 0.221. The Morgan fingerprint density at radius 3 is 2.35 bits per heavy atom. The molecule has 0 bridgehead atoms. The van der Waals surface area contributed by atoms with Crippen LogP contribution in [0.3, 0.4) is 0 Å². The van der Waals surface area contributed by atoms with Crippen LogP contribution < -0.4 is 19.1 Å². The number of aliphatic imine (C=N–C) groups is 1. The highest BCUT2D eigenvalue weighted by molar-refractivity contribution is 6.04. The number of ether oxygens (including phenoxy) is 3. The largest absolute Gasteiger partial charge is 0.493 e. The van der Waals surface area contributed by atoms with Gasteiger partial charge in [0.25, 0.3) is 11.8 Å². The first kappa shape index (κ1) is 31.7. The summed E-state index contributed by atoms with van der Waals surface area (Å²) in [7, 11) is 3.69. The maximum atomic E-state index is 13.7. The van der Waals surface area contributed by atoms with Crippen molar-refractivity contribution in [1.29, 1.82) is 0 Å². The number of anilines is 1. The molecule has 0 aromatic heterocycles. The van der Waals surface area contributed by atoms with Crippen LogP contribution in [0.4, 0.5) is 11.4 Å². The van der Waals surface area contributed by atoms with Crippen LogP contribution in [0.2, 0.25) is 0 Å². The van der Waals surface area contributed by atoms with Crippen LogP contribution in [0.15, 0.2) is 53.6 Å². The number of piperidine rings is 1. The lowest BCUT2D eigenvalue weighted by molar-refractivity contribution is 0.0637. The second-order valence-electron chi connectivity index (χ2n) is 13.0. The molecule has 3 atom stereocenters. The van der Waals surface area contributed by atoms with E-state index in [2.05, 4.69) is 43.1 Å². The minimum atomic E-state index is -0.0591.